The van der Waals surface area contributed by atoms with Crippen LogP contribution in [-0.4, -0.2) is 16.7 Å². The fourth-order valence-corrected chi connectivity index (χ4v) is 2.94. The molecule has 138 valence electrons. The van der Waals surface area contributed by atoms with E-state index in [1.54, 1.807) is 35.6 Å². The second kappa shape index (κ2) is 8.28. The highest BCUT2D eigenvalue weighted by molar-refractivity contribution is 7.09. The predicted octanol–water partition coefficient (Wildman–Crippen LogP) is 3.36. The molecule has 9 heteroatoms. The number of furan rings is 1. The maximum Gasteiger partial charge on any atom is 0.433 e. The highest BCUT2D eigenvalue weighted by Gasteiger charge is 2.17. The Morgan fingerprint density at radius 3 is 2.52 bits per heavy atom. The highest BCUT2D eigenvalue weighted by Crippen LogP contribution is 2.18. The Labute approximate surface area is 158 Å². The van der Waals surface area contributed by atoms with E-state index in [4.69, 9.17) is 4.42 Å². The quantitative estimate of drug-likeness (QED) is 0.478. The number of nitrogens with one attached hydrogen (secondary N) is 2. The van der Waals surface area contributed by atoms with Crippen molar-refractivity contribution in [1.29, 1.82) is 0 Å². The Balaban J connectivity index is 1.52. The molecule has 0 atom stereocenters. The number of thiophene rings is 1. The lowest BCUT2D eigenvalue weighted by atomic mass is 10.1. The lowest BCUT2D eigenvalue weighted by Gasteiger charge is -2.06. The van der Waals surface area contributed by atoms with Crippen molar-refractivity contribution in [2.75, 3.05) is 5.32 Å². The smallest absolute Gasteiger partial charge is 0.395 e. The second-order valence-electron chi connectivity index (χ2n) is 5.58. The van der Waals surface area contributed by atoms with Crippen molar-refractivity contribution < 1.29 is 18.9 Å². The summed E-state index contributed by atoms with van der Waals surface area (Å²) in [5, 5.41) is 18.0. The number of carbonyl (C=O) groups is 2. The van der Waals surface area contributed by atoms with Gasteiger partial charge in [0, 0.05) is 10.6 Å². The van der Waals surface area contributed by atoms with Crippen LogP contribution in [0.5, 0.6) is 0 Å². The van der Waals surface area contributed by atoms with Gasteiger partial charge >= 0.3 is 5.88 Å². The average Bonchev–Trinajstić information content (AvgIpc) is 3.33. The number of nitrogens with zero attached hydrogens (tertiary/aromatic N) is 1. The van der Waals surface area contributed by atoms with Gasteiger partial charge in [0.2, 0.25) is 5.91 Å². The molecule has 1 aromatic carbocycles. The molecule has 0 spiro atoms. The molecule has 0 aliphatic carbocycles. The first-order chi connectivity index (χ1) is 13.0. The Bertz CT molecular complexity index is 948. The van der Waals surface area contributed by atoms with E-state index in [1.165, 1.54) is 6.07 Å². The van der Waals surface area contributed by atoms with Gasteiger partial charge in [-0.1, -0.05) is 18.2 Å². The summed E-state index contributed by atoms with van der Waals surface area (Å²) in [6.07, 6.45) is 0.226. The molecule has 0 fully saturated rings. The fraction of sp³-hybridized carbons (Fsp3) is 0.111. The van der Waals surface area contributed by atoms with Crippen LogP contribution in [0.1, 0.15) is 21.0 Å². The lowest BCUT2D eigenvalue weighted by molar-refractivity contribution is -0.402. The van der Waals surface area contributed by atoms with E-state index >= 15 is 0 Å². The van der Waals surface area contributed by atoms with Gasteiger partial charge in [0.05, 0.1) is 19.0 Å². The van der Waals surface area contributed by atoms with E-state index in [2.05, 4.69) is 10.6 Å². The summed E-state index contributed by atoms with van der Waals surface area (Å²) in [5.74, 6) is -1.34. The number of amides is 2. The van der Waals surface area contributed by atoms with Crippen molar-refractivity contribution in [3.63, 3.8) is 0 Å². The van der Waals surface area contributed by atoms with Gasteiger partial charge < -0.3 is 15.1 Å². The normalized spacial score (nSPS) is 10.4. The molecule has 2 aromatic heterocycles. The Kier molecular flexibility index (Phi) is 5.62. The van der Waals surface area contributed by atoms with Crippen LogP contribution < -0.4 is 10.6 Å². The van der Waals surface area contributed by atoms with Crippen molar-refractivity contribution in [2.24, 2.45) is 0 Å². The molecular weight excluding hydrogens is 370 g/mol. The molecule has 0 unspecified atom stereocenters. The molecule has 27 heavy (non-hydrogen) atoms. The molecule has 0 saturated heterocycles. The summed E-state index contributed by atoms with van der Waals surface area (Å²) in [6, 6.07) is 13.0. The minimum Gasteiger partial charge on any atom is -0.395 e. The van der Waals surface area contributed by atoms with E-state index in [9.17, 15) is 19.7 Å². The fourth-order valence-electron chi connectivity index (χ4n) is 2.29. The van der Waals surface area contributed by atoms with Crippen LogP contribution in [0.25, 0.3) is 0 Å². The largest absolute Gasteiger partial charge is 0.433 e. The zero-order valence-corrected chi connectivity index (χ0v) is 14.8. The number of nitro groups is 1. The van der Waals surface area contributed by atoms with E-state index in [1.807, 2.05) is 17.5 Å². The number of anilines is 1. The first kappa shape index (κ1) is 18.3. The first-order valence-electron chi connectivity index (χ1n) is 7.95. The number of carbonyl (C=O) groups excluding carboxylic acids is 2. The van der Waals surface area contributed by atoms with Crippen molar-refractivity contribution in [2.45, 2.75) is 13.0 Å². The lowest BCUT2D eigenvalue weighted by Crippen LogP contribution is -2.24. The third-order valence-corrected chi connectivity index (χ3v) is 4.49. The maximum absolute atomic E-state index is 12.0. The third-order valence-electron chi connectivity index (χ3n) is 3.61. The highest BCUT2D eigenvalue weighted by atomic mass is 32.1. The summed E-state index contributed by atoms with van der Waals surface area (Å²) in [7, 11) is 0. The molecule has 2 heterocycles. The van der Waals surface area contributed by atoms with Gasteiger partial charge in [-0.3, -0.25) is 19.7 Å². The van der Waals surface area contributed by atoms with Gasteiger partial charge in [0.25, 0.3) is 5.91 Å². The molecule has 0 saturated carbocycles. The summed E-state index contributed by atoms with van der Waals surface area (Å²) in [4.78, 5) is 34.9. The Morgan fingerprint density at radius 1 is 1.11 bits per heavy atom. The van der Waals surface area contributed by atoms with Crippen molar-refractivity contribution >= 4 is 34.7 Å². The minimum atomic E-state index is -0.713. The van der Waals surface area contributed by atoms with Gasteiger partial charge in [-0.05, 0) is 35.2 Å². The van der Waals surface area contributed by atoms with Crippen LogP contribution in [0, 0.1) is 10.1 Å². The van der Waals surface area contributed by atoms with E-state index in [0.29, 0.717) is 12.2 Å². The van der Waals surface area contributed by atoms with Gasteiger partial charge in [0.1, 0.15) is 4.92 Å². The van der Waals surface area contributed by atoms with Crippen molar-refractivity contribution in [3.05, 3.63) is 80.2 Å². The molecule has 0 bridgehead atoms. The monoisotopic (exact) mass is 385 g/mol. The van der Waals surface area contributed by atoms with E-state index in [0.717, 1.165) is 16.5 Å². The van der Waals surface area contributed by atoms with E-state index < -0.39 is 16.7 Å². The van der Waals surface area contributed by atoms with Gasteiger partial charge in [-0.25, -0.2) is 0 Å². The molecule has 2 N–H and O–H groups in total. The zero-order valence-electron chi connectivity index (χ0n) is 14.0. The number of hydrogen-bond acceptors (Lipinski definition) is 6. The van der Waals surface area contributed by atoms with Crippen LogP contribution in [0.15, 0.2) is 58.3 Å². The van der Waals surface area contributed by atoms with Crippen LogP contribution >= 0.6 is 11.3 Å². The molecular formula is C18H15N3O5S. The predicted molar refractivity (Wildman–Crippen MR) is 99.6 cm³/mol. The van der Waals surface area contributed by atoms with Gasteiger partial charge in [-0.2, -0.15) is 0 Å². The SMILES string of the molecule is O=C(Cc1ccc(NC(=O)c2ccc([N+](=O)[O-])o2)cc1)NCc1cccs1. The van der Waals surface area contributed by atoms with Gasteiger partial charge in [-0.15, -0.1) is 11.3 Å². The third kappa shape index (κ3) is 5.02. The average molecular weight is 385 g/mol. The molecule has 3 aromatic rings. The van der Waals surface area contributed by atoms with Crippen molar-refractivity contribution in [1.82, 2.24) is 5.32 Å². The standard InChI is InChI=1S/C18H15N3O5S/c22-16(19-11-14-2-1-9-27-14)10-12-3-5-13(6-4-12)20-18(23)15-7-8-17(26-15)21(24)25/h1-9H,10-11H2,(H,19,22)(H,20,23). The second-order valence-corrected chi connectivity index (χ2v) is 6.61. The van der Waals surface area contributed by atoms with Crippen molar-refractivity contribution in [3.8, 4) is 0 Å². The molecule has 0 aliphatic heterocycles. The van der Waals surface area contributed by atoms with E-state index in [-0.39, 0.29) is 18.1 Å². The first-order valence-corrected chi connectivity index (χ1v) is 8.83. The molecule has 0 radical (unpaired) electrons. The van der Waals surface area contributed by atoms with Crippen LogP contribution in [0.2, 0.25) is 0 Å². The number of hydrogen-bond donors (Lipinski definition) is 2. The number of rotatable bonds is 7. The summed E-state index contributed by atoms with van der Waals surface area (Å²) < 4.78 is 4.85. The number of benzene rings is 1. The maximum atomic E-state index is 12.0. The van der Waals surface area contributed by atoms with Crippen LogP contribution in [0.3, 0.4) is 0 Å². The van der Waals surface area contributed by atoms with Crippen LogP contribution in [-0.2, 0) is 17.8 Å². The summed E-state index contributed by atoms with van der Waals surface area (Å²) in [6.45, 7) is 0.500. The zero-order chi connectivity index (χ0) is 19.2. The topological polar surface area (TPSA) is 114 Å². The van der Waals surface area contributed by atoms with Crippen LogP contribution in [0.4, 0.5) is 11.6 Å². The molecule has 2 amide bonds. The summed E-state index contributed by atoms with van der Waals surface area (Å²) in [5.41, 5.74) is 1.28. The minimum absolute atomic E-state index is 0.0944. The molecule has 8 nitrogen and oxygen atoms in total. The Hall–Kier alpha value is -3.46. The summed E-state index contributed by atoms with van der Waals surface area (Å²) >= 11 is 1.58. The molecule has 3 rings (SSSR count). The van der Waals surface area contributed by atoms with Gasteiger partial charge in [0.15, 0.2) is 5.76 Å². The molecule has 0 aliphatic rings. The Morgan fingerprint density at radius 2 is 1.89 bits per heavy atom.